The van der Waals surface area contributed by atoms with Crippen molar-refractivity contribution in [3.63, 3.8) is 0 Å². The fraction of sp³-hybridized carbons (Fsp3) is 0.941. The van der Waals surface area contributed by atoms with Crippen molar-refractivity contribution in [2.75, 3.05) is 40.0 Å². The molecule has 0 aromatic carbocycles. The second-order valence-corrected chi connectivity index (χ2v) is 7.45. The maximum atomic E-state index is 12.2. The van der Waals surface area contributed by atoms with Crippen molar-refractivity contribution in [3.05, 3.63) is 0 Å². The van der Waals surface area contributed by atoms with E-state index in [2.05, 4.69) is 4.90 Å². The third-order valence-corrected chi connectivity index (χ3v) is 6.11. The van der Waals surface area contributed by atoms with E-state index in [1.807, 2.05) is 4.90 Å². The van der Waals surface area contributed by atoms with Gasteiger partial charge in [-0.15, -0.1) is 0 Å². The molecule has 1 saturated carbocycles. The van der Waals surface area contributed by atoms with Crippen LogP contribution in [-0.2, 0) is 14.2 Å². The Balaban J connectivity index is 1.35. The van der Waals surface area contributed by atoms with Crippen LogP contribution in [0.5, 0.6) is 0 Å². The van der Waals surface area contributed by atoms with Crippen molar-refractivity contribution in [2.24, 2.45) is 5.92 Å². The quantitative estimate of drug-likeness (QED) is 0.784. The molecule has 0 radical (unpaired) electrons. The molecule has 1 aliphatic carbocycles. The first-order chi connectivity index (χ1) is 11.3. The first-order valence-corrected chi connectivity index (χ1v) is 9.08. The number of fused-ring (bicyclic) bond motifs is 1. The number of hydrogen-bond acceptors (Lipinski definition) is 5. The van der Waals surface area contributed by atoms with E-state index in [4.69, 9.17) is 14.2 Å². The number of ether oxygens (including phenoxy) is 3. The molecule has 3 saturated heterocycles. The number of methoxy groups -OCH3 is 1. The van der Waals surface area contributed by atoms with Crippen LogP contribution < -0.4 is 0 Å². The van der Waals surface area contributed by atoms with Gasteiger partial charge in [-0.25, -0.2) is 4.79 Å². The Morgan fingerprint density at radius 1 is 1.17 bits per heavy atom. The molecule has 4 fully saturated rings. The maximum Gasteiger partial charge on any atom is 0.410 e. The molecule has 6 heteroatoms. The molecule has 0 N–H and O–H groups in total. The Hall–Kier alpha value is -0.850. The topological polar surface area (TPSA) is 51.2 Å². The second-order valence-electron chi connectivity index (χ2n) is 7.45. The highest BCUT2D eigenvalue weighted by atomic mass is 16.6. The van der Waals surface area contributed by atoms with Crippen molar-refractivity contribution in [3.8, 4) is 0 Å². The number of rotatable bonds is 4. The SMILES string of the molecule is CO[C@@H]1CN(CC2CN(C3CCCCC3)C(=O)O2)[C@H]2COC[C@@H]12. The van der Waals surface area contributed by atoms with Crippen LogP contribution in [0.25, 0.3) is 0 Å². The standard InChI is InChI=1S/C17H28N2O4/c1-21-16-9-18(15-11-22-10-14(15)16)7-13-8-19(17(20)23-13)12-5-3-2-4-6-12/h12-16H,2-11H2,1H3/t13?,14-,15+,16-/m1/s1. The van der Waals surface area contributed by atoms with Gasteiger partial charge in [0.05, 0.1) is 25.9 Å². The Bertz CT molecular complexity index is 440. The molecule has 4 aliphatic rings. The monoisotopic (exact) mass is 324 g/mol. The molecule has 3 heterocycles. The molecule has 130 valence electrons. The molecular weight excluding hydrogens is 296 g/mol. The largest absolute Gasteiger partial charge is 0.443 e. The van der Waals surface area contributed by atoms with Gasteiger partial charge in [-0.1, -0.05) is 19.3 Å². The van der Waals surface area contributed by atoms with Crippen LogP contribution in [0.3, 0.4) is 0 Å². The highest BCUT2D eigenvalue weighted by molar-refractivity contribution is 5.70. The average molecular weight is 324 g/mol. The third-order valence-electron chi connectivity index (χ3n) is 6.11. The number of likely N-dealkylation sites (tertiary alicyclic amines) is 1. The zero-order valence-electron chi connectivity index (χ0n) is 14.0. The first-order valence-electron chi connectivity index (χ1n) is 9.08. The van der Waals surface area contributed by atoms with E-state index in [-0.39, 0.29) is 18.3 Å². The fourth-order valence-electron chi connectivity index (χ4n) is 4.84. The molecule has 0 aromatic rings. The summed E-state index contributed by atoms with van der Waals surface area (Å²) in [5.41, 5.74) is 0. The molecule has 3 aliphatic heterocycles. The molecule has 0 spiro atoms. The predicted molar refractivity (Wildman–Crippen MR) is 84.3 cm³/mol. The highest BCUT2D eigenvalue weighted by Crippen LogP contribution is 2.33. The van der Waals surface area contributed by atoms with E-state index >= 15 is 0 Å². The lowest BCUT2D eigenvalue weighted by molar-refractivity contribution is 0.0471. The minimum atomic E-state index is -0.108. The molecule has 23 heavy (non-hydrogen) atoms. The molecule has 4 rings (SSSR count). The van der Waals surface area contributed by atoms with Gasteiger partial charge in [-0.05, 0) is 12.8 Å². The molecule has 0 bridgehead atoms. The summed E-state index contributed by atoms with van der Waals surface area (Å²) in [5.74, 6) is 0.464. The first kappa shape index (κ1) is 15.7. The summed E-state index contributed by atoms with van der Waals surface area (Å²) in [6, 6.07) is 0.816. The zero-order valence-corrected chi connectivity index (χ0v) is 14.0. The lowest BCUT2D eigenvalue weighted by atomic mass is 9.94. The average Bonchev–Trinajstić information content (AvgIpc) is 3.25. The van der Waals surface area contributed by atoms with Gasteiger partial charge in [0, 0.05) is 38.2 Å². The molecular formula is C17H28N2O4. The van der Waals surface area contributed by atoms with E-state index < -0.39 is 0 Å². The van der Waals surface area contributed by atoms with Crippen molar-refractivity contribution in [1.29, 1.82) is 0 Å². The molecule has 1 unspecified atom stereocenters. The summed E-state index contributed by atoms with van der Waals surface area (Å²) in [6.07, 6.45) is 6.17. The Morgan fingerprint density at radius 2 is 2.00 bits per heavy atom. The summed E-state index contributed by atoms with van der Waals surface area (Å²) >= 11 is 0. The zero-order chi connectivity index (χ0) is 15.8. The maximum absolute atomic E-state index is 12.2. The van der Waals surface area contributed by atoms with Gasteiger partial charge in [-0.2, -0.15) is 0 Å². The van der Waals surface area contributed by atoms with Crippen molar-refractivity contribution in [1.82, 2.24) is 9.80 Å². The van der Waals surface area contributed by atoms with Crippen LogP contribution in [0.2, 0.25) is 0 Å². The molecule has 1 amide bonds. The third kappa shape index (κ3) is 2.96. The van der Waals surface area contributed by atoms with Gasteiger partial charge in [0.1, 0.15) is 6.10 Å². The Labute approximate surface area is 138 Å². The van der Waals surface area contributed by atoms with Crippen LogP contribution in [0.4, 0.5) is 4.79 Å². The lowest BCUT2D eigenvalue weighted by Crippen LogP contribution is -2.41. The van der Waals surface area contributed by atoms with Crippen LogP contribution in [-0.4, -0.2) is 80.1 Å². The van der Waals surface area contributed by atoms with Crippen LogP contribution in [0, 0.1) is 5.92 Å². The van der Waals surface area contributed by atoms with Gasteiger partial charge in [0.2, 0.25) is 0 Å². The minimum absolute atomic E-state index is 0.0127. The summed E-state index contributed by atoms with van der Waals surface area (Å²) < 4.78 is 16.9. The highest BCUT2D eigenvalue weighted by Gasteiger charge is 2.47. The predicted octanol–water partition coefficient (Wildman–Crippen LogP) is 1.49. The van der Waals surface area contributed by atoms with Gasteiger partial charge < -0.3 is 19.1 Å². The lowest BCUT2D eigenvalue weighted by Gasteiger charge is -2.29. The molecule has 6 nitrogen and oxygen atoms in total. The smallest absolute Gasteiger partial charge is 0.410 e. The normalized spacial score (nSPS) is 39.0. The number of hydrogen-bond donors (Lipinski definition) is 0. The van der Waals surface area contributed by atoms with Crippen molar-refractivity contribution < 1.29 is 19.0 Å². The van der Waals surface area contributed by atoms with E-state index in [1.165, 1.54) is 19.3 Å². The van der Waals surface area contributed by atoms with Gasteiger partial charge in [0.15, 0.2) is 0 Å². The van der Waals surface area contributed by atoms with Gasteiger partial charge in [-0.3, -0.25) is 4.90 Å². The van der Waals surface area contributed by atoms with E-state index in [1.54, 1.807) is 7.11 Å². The number of nitrogens with zero attached hydrogens (tertiary/aromatic N) is 2. The Kier molecular flexibility index (Phi) is 4.48. The molecule has 4 atom stereocenters. The van der Waals surface area contributed by atoms with Crippen LogP contribution in [0.1, 0.15) is 32.1 Å². The van der Waals surface area contributed by atoms with E-state index in [9.17, 15) is 4.79 Å². The van der Waals surface area contributed by atoms with Gasteiger partial charge >= 0.3 is 6.09 Å². The summed E-state index contributed by atoms with van der Waals surface area (Å²) in [6.45, 7) is 4.04. The van der Waals surface area contributed by atoms with Crippen molar-refractivity contribution in [2.45, 2.75) is 56.4 Å². The number of amides is 1. The minimum Gasteiger partial charge on any atom is -0.443 e. The summed E-state index contributed by atoms with van der Waals surface area (Å²) in [5, 5.41) is 0. The summed E-state index contributed by atoms with van der Waals surface area (Å²) in [4.78, 5) is 16.6. The summed E-state index contributed by atoms with van der Waals surface area (Å²) in [7, 11) is 1.78. The van der Waals surface area contributed by atoms with Crippen LogP contribution in [0.15, 0.2) is 0 Å². The number of carbonyl (C=O) groups is 1. The fourth-order valence-corrected chi connectivity index (χ4v) is 4.84. The van der Waals surface area contributed by atoms with Gasteiger partial charge in [0.25, 0.3) is 0 Å². The number of carbonyl (C=O) groups excluding carboxylic acids is 1. The molecule has 0 aromatic heterocycles. The van der Waals surface area contributed by atoms with Crippen molar-refractivity contribution >= 4 is 6.09 Å². The van der Waals surface area contributed by atoms with E-state index in [0.717, 1.165) is 45.7 Å². The number of cyclic esters (lactones) is 1. The van der Waals surface area contributed by atoms with E-state index in [0.29, 0.717) is 18.0 Å². The Morgan fingerprint density at radius 3 is 2.78 bits per heavy atom. The second kappa shape index (κ2) is 6.57. The van der Waals surface area contributed by atoms with Crippen LogP contribution >= 0.6 is 0 Å².